The van der Waals surface area contributed by atoms with E-state index in [0.29, 0.717) is 0 Å². The minimum Gasteiger partial charge on any atom is -0.768 e. The highest BCUT2D eigenvalue weighted by atomic mass is 32.2. The van der Waals surface area contributed by atoms with E-state index in [1.54, 1.807) is 6.07 Å². The van der Waals surface area contributed by atoms with E-state index in [1.165, 1.54) is 24.3 Å². The molecule has 0 amide bonds. The highest BCUT2D eigenvalue weighted by molar-refractivity contribution is 7.80. The molecule has 0 N–H and O–H groups in total. The summed E-state index contributed by atoms with van der Waals surface area (Å²) in [4.78, 5) is 11.3. The van der Waals surface area contributed by atoms with Crippen LogP contribution in [0.25, 0.3) is 0 Å². The molecule has 0 aliphatic heterocycles. The Morgan fingerprint density at radius 1 is 1.20 bits per heavy atom. The monoisotopic (exact) mass is 313 g/mol. The third-order valence-electron chi connectivity index (χ3n) is 2.29. The van der Waals surface area contributed by atoms with Gasteiger partial charge in [0.25, 0.3) is 0 Å². The number of carbonyl (C=O) groups is 1. The minimum atomic E-state index is -5.22. The van der Waals surface area contributed by atoms with Crippen molar-refractivity contribution in [1.29, 1.82) is 0 Å². The summed E-state index contributed by atoms with van der Waals surface area (Å²) in [7, 11) is 0. The molecule has 0 fully saturated rings. The van der Waals surface area contributed by atoms with E-state index < -0.39 is 41.3 Å². The minimum absolute atomic E-state index is 0.0648. The van der Waals surface area contributed by atoms with Crippen LogP contribution in [0.15, 0.2) is 30.3 Å². The smallest absolute Gasteiger partial charge is 0.371 e. The summed E-state index contributed by atoms with van der Waals surface area (Å²) < 4.78 is 75.8. The van der Waals surface area contributed by atoms with E-state index in [1.807, 2.05) is 0 Å². The van der Waals surface area contributed by atoms with Crippen LogP contribution in [-0.2, 0) is 15.8 Å². The number of esters is 1. The zero-order chi connectivity index (χ0) is 15.4. The van der Waals surface area contributed by atoms with Crippen LogP contribution < -0.4 is 0 Å². The first-order valence-corrected chi connectivity index (χ1v) is 6.33. The number of benzene rings is 1. The predicted octanol–water partition coefficient (Wildman–Crippen LogP) is 2.34. The van der Waals surface area contributed by atoms with Crippen LogP contribution in [0.1, 0.15) is 16.8 Å². The van der Waals surface area contributed by atoms with Gasteiger partial charge >= 0.3 is 17.1 Å². The molecule has 9 heteroatoms. The second kappa shape index (κ2) is 6.31. The Labute approximate surface area is 114 Å². The Hall–Kier alpha value is -1.48. The summed E-state index contributed by atoms with van der Waals surface area (Å²) in [6.07, 6.45) is -1.60. The second-order valence-corrected chi connectivity index (χ2v) is 4.69. The van der Waals surface area contributed by atoms with Gasteiger partial charge in [-0.2, -0.15) is 17.6 Å². The van der Waals surface area contributed by atoms with E-state index >= 15 is 0 Å². The van der Waals surface area contributed by atoms with Crippen molar-refractivity contribution in [3.63, 3.8) is 0 Å². The molecule has 1 aromatic rings. The van der Waals surface area contributed by atoms with Crippen molar-refractivity contribution in [1.82, 2.24) is 0 Å². The third kappa shape index (κ3) is 3.76. The molecule has 20 heavy (non-hydrogen) atoms. The Bertz CT molecular complexity index is 492. The number of alkyl halides is 4. The fourth-order valence-corrected chi connectivity index (χ4v) is 1.54. The first-order valence-electron chi connectivity index (χ1n) is 5.25. The number of hydrogen-bond acceptors (Lipinski definition) is 4. The maximum absolute atomic E-state index is 13.0. The molecule has 4 nitrogen and oxygen atoms in total. The standard InChI is InChI=1S/C11H10F4O4S/c12-10(13,11(14,15)20(17)18)6-7-19-9(16)8-4-2-1-3-5-8/h1-5H,6-7H2,(H,17,18)/p-1. The molecular weight excluding hydrogens is 304 g/mol. The van der Waals surface area contributed by atoms with Gasteiger partial charge in [-0.1, -0.05) is 18.2 Å². The van der Waals surface area contributed by atoms with Crippen LogP contribution in [0, 0.1) is 0 Å². The second-order valence-electron chi connectivity index (χ2n) is 3.71. The van der Waals surface area contributed by atoms with Crippen molar-refractivity contribution < 1.29 is 35.9 Å². The molecular formula is C11H9F4O4S-. The number of hydrogen-bond donors (Lipinski definition) is 0. The van der Waals surface area contributed by atoms with Crippen molar-refractivity contribution in [3.05, 3.63) is 35.9 Å². The van der Waals surface area contributed by atoms with Crippen molar-refractivity contribution in [2.24, 2.45) is 0 Å². The van der Waals surface area contributed by atoms with E-state index in [0.717, 1.165) is 0 Å². The van der Waals surface area contributed by atoms with Gasteiger partial charge in [0, 0.05) is 11.1 Å². The van der Waals surface area contributed by atoms with Gasteiger partial charge in [0.1, 0.15) is 0 Å². The Morgan fingerprint density at radius 3 is 2.25 bits per heavy atom. The van der Waals surface area contributed by atoms with Gasteiger partial charge in [0.05, 0.1) is 18.6 Å². The van der Waals surface area contributed by atoms with E-state index in [-0.39, 0.29) is 5.56 Å². The molecule has 0 spiro atoms. The summed E-state index contributed by atoms with van der Waals surface area (Å²) >= 11 is -4.27. The number of halogens is 4. The molecule has 1 rings (SSSR count). The average Bonchev–Trinajstić information content (AvgIpc) is 2.39. The lowest BCUT2D eigenvalue weighted by molar-refractivity contribution is -0.166. The normalized spacial score (nSPS) is 13.8. The zero-order valence-corrected chi connectivity index (χ0v) is 10.7. The number of ether oxygens (including phenoxy) is 1. The van der Waals surface area contributed by atoms with Gasteiger partial charge in [-0.15, -0.1) is 0 Å². The molecule has 0 radical (unpaired) electrons. The topological polar surface area (TPSA) is 66.4 Å². The van der Waals surface area contributed by atoms with Crippen molar-refractivity contribution in [3.8, 4) is 0 Å². The van der Waals surface area contributed by atoms with Crippen LogP contribution >= 0.6 is 0 Å². The number of rotatable bonds is 6. The van der Waals surface area contributed by atoms with Gasteiger partial charge in [-0.25, -0.2) is 4.79 Å². The van der Waals surface area contributed by atoms with Gasteiger partial charge in [-0.3, -0.25) is 4.21 Å². The van der Waals surface area contributed by atoms with Crippen LogP contribution in [0.2, 0.25) is 0 Å². The molecule has 0 aromatic heterocycles. The summed E-state index contributed by atoms with van der Waals surface area (Å²) in [5, 5.41) is -5.22. The quantitative estimate of drug-likeness (QED) is 0.459. The largest absolute Gasteiger partial charge is 0.768 e. The highest BCUT2D eigenvalue weighted by Crippen LogP contribution is 2.38. The van der Waals surface area contributed by atoms with Crippen molar-refractivity contribution in [2.45, 2.75) is 17.6 Å². The van der Waals surface area contributed by atoms with Crippen LogP contribution in [0.4, 0.5) is 17.6 Å². The molecule has 0 saturated carbocycles. The van der Waals surface area contributed by atoms with Crippen LogP contribution in [0.5, 0.6) is 0 Å². The zero-order valence-electron chi connectivity index (χ0n) is 9.85. The summed E-state index contributed by atoms with van der Waals surface area (Å²) in [5.41, 5.74) is 0.0648. The maximum atomic E-state index is 13.0. The van der Waals surface area contributed by atoms with E-state index in [9.17, 15) is 31.1 Å². The highest BCUT2D eigenvalue weighted by Gasteiger charge is 2.57. The summed E-state index contributed by atoms with van der Waals surface area (Å²) in [6.45, 7) is -1.03. The van der Waals surface area contributed by atoms with Crippen LogP contribution in [0.3, 0.4) is 0 Å². The Kier molecular flexibility index (Phi) is 5.23. The number of carbonyl (C=O) groups excluding carboxylic acids is 1. The molecule has 1 atom stereocenters. The van der Waals surface area contributed by atoms with Gasteiger partial charge in [-0.05, 0) is 12.1 Å². The first-order chi connectivity index (χ1) is 9.18. The summed E-state index contributed by atoms with van der Waals surface area (Å²) in [5.74, 6) is -5.79. The lowest BCUT2D eigenvalue weighted by Gasteiger charge is -2.27. The molecule has 112 valence electrons. The molecule has 1 unspecified atom stereocenters. The van der Waals surface area contributed by atoms with Gasteiger partial charge in [0.15, 0.2) is 0 Å². The lowest BCUT2D eigenvalue weighted by Crippen LogP contribution is -2.44. The molecule has 0 heterocycles. The van der Waals surface area contributed by atoms with E-state index in [2.05, 4.69) is 4.74 Å². The fourth-order valence-electron chi connectivity index (χ4n) is 1.20. The maximum Gasteiger partial charge on any atom is 0.371 e. The Balaban J connectivity index is 2.56. The molecule has 0 aliphatic carbocycles. The first kappa shape index (κ1) is 16.6. The third-order valence-corrected chi connectivity index (χ3v) is 3.01. The van der Waals surface area contributed by atoms with Crippen molar-refractivity contribution >= 4 is 17.0 Å². The lowest BCUT2D eigenvalue weighted by atomic mass is 10.2. The molecule has 0 bridgehead atoms. The average molecular weight is 313 g/mol. The SMILES string of the molecule is O=C(OCCC(F)(F)C(F)(F)S(=O)[O-])c1ccccc1. The summed E-state index contributed by atoms with van der Waals surface area (Å²) in [6, 6.07) is 7.30. The predicted molar refractivity (Wildman–Crippen MR) is 60.2 cm³/mol. The van der Waals surface area contributed by atoms with Crippen LogP contribution in [-0.4, -0.2) is 32.5 Å². The Morgan fingerprint density at radius 2 is 1.75 bits per heavy atom. The van der Waals surface area contributed by atoms with Crippen molar-refractivity contribution in [2.75, 3.05) is 6.61 Å². The molecule has 1 aromatic carbocycles. The molecule has 0 aliphatic rings. The molecule has 0 saturated heterocycles. The van der Waals surface area contributed by atoms with E-state index in [4.69, 9.17) is 0 Å². The fraction of sp³-hybridized carbons (Fsp3) is 0.364. The van der Waals surface area contributed by atoms with Gasteiger partial charge < -0.3 is 9.29 Å². The van der Waals surface area contributed by atoms with Gasteiger partial charge in [0.2, 0.25) is 0 Å².